The van der Waals surface area contributed by atoms with Crippen LogP contribution in [0.5, 0.6) is 0 Å². The van der Waals surface area contributed by atoms with E-state index in [-0.39, 0.29) is 0 Å². The van der Waals surface area contributed by atoms with Crippen LogP contribution in [-0.2, 0) is 0 Å². The highest BCUT2D eigenvalue weighted by molar-refractivity contribution is 6.21. The van der Waals surface area contributed by atoms with Gasteiger partial charge in [0.25, 0.3) is 0 Å². The highest BCUT2D eigenvalue weighted by Crippen LogP contribution is 2.41. The quantitative estimate of drug-likeness (QED) is 0.159. The van der Waals surface area contributed by atoms with Gasteiger partial charge in [-0.05, 0) is 45.2 Å². The lowest BCUT2D eigenvalue weighted by Crippen LogP contribution is -1.92. The van der Waals surface area contributed by atoms with Gasteiger partial charge in [-0.1, -0.05) is 140 Å². The molecular weight excluding hydrogens is 532 g/mol. The molecule has 0 saturated heterocycles. The van der Waals surface area contributed by atoms with Crippen molar-refractivity contribution < 1.29 is 0 Å². The Bertz CT molecular complexity index is 2450. The minimum Gasteiger partial charge on any atom is -0.256 e. The van der Waals surface area contributed by atoms with Gasteiger partial charge in [-0.3, -0.25) is 4.98 Å². The fourth-order valence-corrected chi connectivity index (χ4v) is 6.76. The first-order valence-electron chi connectivity index (χ1n) is 15.0. The monoisotopic (exact) mass is 558 g/mol. The second kappa shape index (κ2) is 9.86. The van der Waals surface area contributed by atoms with E-state index in [0.717, 1.165) is 27.5 Å². The fourth-order valence-electron chi connectivity index (χ4n) is 6.76. The topological polar surface area (TPSA) is 25.8 Å². The van der Waals surface area contributed by atoms with Gasteiger partial charge in [0.2, 0.25) is 0 Å². The van der Waals surface area contributed by atoms with Gasteiger partial charge in [-0.15, -0.1) is 0 Å². The lowest BCUT2D eigenvalue weighted by Gasteiger charge is -2.15. The number of hydrogen-bond acceptors (Lipinski definition) is 2. The van der Waals surface area contributed by atoms with Crippen molar-refractivity contribution in [2.75, 3.05) is 0 Å². The predicted molar refractivity (Wildman–Crippen MR) is 186 cm³/mol. The van der Waals surface area contributed by atoms with Crippen LogP contribution in [0.3, 0.4) is 0 Å². The second-order valence-electron chi connectivity index (χ2n) is 11.4. The number of para-hydroxylation sites is 1. The third kappa shape index (κ3) is 3.89. The molecule has 0 radical (unpaired) electrons. The maximum Gasteiger partial charge on any atom is 0.0794 e. The Hall–Kier alpha value is -5.86. The summed E-state index contributed by atoms with van der Waals surface area (Å²) in [5.74, 6) is 0. The van der Waals surface area contributed by atoms with E-state index in [0.29, 0.717) is 0 Å². The van der Waals surface area contributed by atoms with Crippen LogP contribution in [0.1, 0.15) is 0 Å². The number of nitrogens with zero attached hydrogens (tertiary/aromatic N) is 2. The molecule has 2 nitrogen and oxygen atoms in total. The van der Waals surface area contributed by atoms with E-state index in [1.165, 1.54) is 60.1 Å². The molecule has 0 amide bonds. The van der Waals surface area contributed by atoms with Crippen LogP contribution >= 0.6 is 0 Å². The van der Waals surface area contributed by atoms with Crippen LogP contribution in [0.25, 0.3) is 87.6 Å². The molecule has 9 aromatic rings. The average molecular weight is 559 g/mol. The first kappa shape index (κ1) is 24.7. The van der Waals surface area contributed by atoms with Gasteiger partial charge in [0.05, 0.1) is 16.6 Å². The Balaban J connectivity index is 1.24. The van der Waals surface area contributed by atoms with Crippen molar-refractivity contribution in [2.45, 2.75) is 0 Å². The molecule has 0 atom stereocenters. The number of fused-ring (bicyclic) bond motifs is 7. The zero-order valence-electron chi connectivity index (χ0n) is 23.9. The van der Waals surface area contributed by atoms with E-state index in [1.807, 2.05) is 12.3 Å². The largest absolute Gasteiger partial charge is 0.256 e. The van der Waals surface area contributed by atoms with E-state index < -0.39 is 0 Å². The van der Waals surface area contributed by atoms with E-state index in [4.69, 9.17) is 4.98 Å². The molecule has 9 rings (SSSR count). The number of pyridine rings is 2. The van der Waals surface area contributed by atoms with Gasteiger partial charge < -0.3 is 0 Å². The zero-order chi connectivity index (χ0) is 29.0. The molecule has 0 N–H and O–H groups in total. The van der Waals surface area contributed by atoms with Crippen molar-refractivity contribution >= 4 is 54.3 Å². The lowest BCUT2D eigenvalue weighted by atomic mass is 9.91. The first-order chi connectivity index (χ1) is 21.8. The molecule has 0 aliphatic rings. The van der Waals surface area contributed by atoms with Crippen molar-refractivity contribution in [1.82, 2.24) is 9.97 Å². The van der Waals surface area contributed by atoms with E-state index in [2.05, 4.69) is 151 Å². The van der Waals surface area contributed by atoms with Gasteiger partial charge in [0, 0.05) is 44.3 Å². The third-order valence-electron chi connectivity index (χ3n) is 8.88. The van der Waals surface area contributed by atoms with Crippen LogP contribution in [0, 0.1) is 0 Å². The van der Waals surface area contributed by atoms with Gasteiger partial charge in [0.15, 0.2) is 0 Å². The van der Waals surface area contributed by atoms with Crippen molar-refractivity contribution in [2.24, 2.45) is 0 Å². The number of benzene rings is 7. The smallest absolute Gasteiger partial charge is 0.0794 e. The minimum absolute atomic E-state index is 1.03. The standard InChI is InChI=1S/C42H26N2/c1-3-14-35-28(8-1)21-23-37-39(38-24-22-29-9-2-4-15-36(29)42(38)44-41(35)37)33-12-5-11-32(26-33)27-17-19-30(20-18-27)34-16-6-10-31-13-7-25-43-40(31)34/h1-26H. The van der Waals surface area contributed by atoms with Gasteiger partial charge in [-0.25, -0.2) is 4.98 Å². The summed E-state index contributed by atoms with van der Waals surface area (Å²) in [5.41, 5.74) is 10.2. The highest BCUT2D eigenvalue weighted by atomic mass is 14.7. The van der Waals surface area contributed by atoms with Crippen LogP contribution in [0.2, 0.25) is 0 Å². The number of hydrogen-bond donors (Lipinski definition) is 0. The zero-order valence-corrected chi connectivity index (χ0v) is 23.9. The van der Waals surface area contributed by atoms with Crippen LogP contribution in [-0.4, -0.2) is 9.97 Å². The normalized spacial score (nSPS) is 11.6. The Kier molecular flexibility index (Phi) is 5.54. The Morgan fingerprint density at radius 3 is 1.66 bits per heavy atom. The number of rotatable bonds is 3. The summed E-state index contributed by atoms with van der Waals surface area (Å²) < 4.78 is 0. The molecule has 2 heteroatoms. The molecule has 0 aliphatic carbocycles. The summed E-state index contributed by atoms with van der Waals surface area (Å²) in [4.78, 5) is 10.0. The Morgan fingerprint density at radius 2 is 0.932 bits per heavy atom. The Labute approximate surface area is 254 Å². The summed E-state index contributed by atoms with van der Waals surface area (Å²) >= 11 is 0. The molecule has 0 saturated carbocycles. The summed E-state index contributed by atoms with van der Waals surface area (Å²) in [6, 6.07) is 54.3. The SMILES string of the molecule is c1cc(-c2ccc(-c3cccc4cccnc34)cc2)cc(-c2c3ccc4ccccc4c3nc3c2ccc2ccccc23)c1. The Morgan fingerprint density at radius 1 is 0.341 bits per heavy atom. The molecule has 0 bridgehead atoms. The minimum atomic E-state index is 1.03. The molecule has 0 aliphatic heterocycles. The van der Waals surface area contributed by atoms with Crippen LogP contribution < -0.4 is 0 Å². The molecule has 0 unspecified atom stereocenters. The molecule has 2 aromatic heterocycles. The maximum absolute atomic E-state index is 5.36. The van der Waals surface area contributed by atoms with Crippen LogP contribution in [0.4, 0.5) is 0 Å². The highest BCUT2D eigenvalue weighted by Gasteiger charge is 2.16. The number of aromatic nitrogens is 2. The van der Waals surface area contributed by atoms with Gasteiger partial charge in [0.1, 0.15) is 0 Å². The molecule has 44 heavy (non-hydrogen) atoms. The van der Waals surface area contributed by atoms with Crippen molar-refractivity contribution in [1.29, 1.82) is 0 Å². The summed E-state index contributed by atoms with van der Waals surface area (Å²) in [6.45, 7) is 0. The lowest BCUT2D eigenvalue weighted by molar-refractivity contribution is 1.41. The second-order valence-corrected chi connectivity index (χ2v) is 11.4. The molecule has 204 valence electrons. The third-order valence-corrected chi connectivity index (χ3v) is 8.88. The van der Waals surface area contributed by atoms with Gasteiger partial charge in [-0.2, -0.15) is 0 Å². The van der Waals surface area contributed by atoms with Gasteiger partial charge >= 0.3 is 0 Å². The van der Waals surface area contributed by atoms with E-state index in [9.17, 15) is 0 Å². The van der Waals surface area contributed by atoms with Crippen molar-refractivity contribution in [3.63, 3.8) is 0 Å². The molecule has 2 heterocycles. The molecule has 7 aromatic carbocycles. The molecule has 0 spiro atoms. The van der Waals surface area contributed by atoms with Crippen molar-refractivity contribution in [3.8, 4) is 33.4 Å². The predicted octanol–water partition coefficient (Wildman–Crippen LogP) is 11.2. The van der Waals surface area contributed by atoms with Crippen LogP contribution in [0.15, 0.2) is 158 Å². The fraction of sp³-hybridized carbons (Fsp3) is 0. The summed E-state index contributed by atoms with van der Waals surface area (Å²) in [5, 5.41) is 8.25. The average Bonchev–Trinajstić information content (AvgIpc) is 3.10. The summed E-state index contributed by atoms with van der Waals surface area (Å²) in [7, 11) is 0. The van der Waals surface area contributed by atoms with E-state index >= 15 is 0 Å². The summed E-state index contributed by atoms with van der Waals surface area (Å²) in [6.07, 6.45) is 1.86. The van der Waals surface area contributed by atoms with E-state index in [1.54, 1.807) is 0 Å². The molecular formula is C42H26N2. The maximum atomic E-state index is 5.36. The molecule has 0 fully saturated rings. The van der Waals surface area contributed by atoms with Crippen molar-refractivity contribution in [3.05, 3.63) is 158 Å². The first-order valence-corrected chi connectivity index (χ1v) is 15.0.